The van der Waals surface area contributed by atoms with E-state index in [1.54, 1.807) is 22.5 Å². The monoisotopic (exact) mass is 337 g/mol. The van der Waals surface area contributed by atoms with E-state index in [0.29, 0.717) is 24.1 Å². The predicted octanol–water partition coefficient (Wildman–Crippen LogP) is 3.38. The normalized spacial score (nSPS) is 12.1. The van der Waals surface area contributed by atoms with Crippen LogP contribution in [0.15, 0.2) is 44.4 Å². The average molecular weight is 337 g/mol. The standard InChI is InChI=1S/C17H23NO4S/c1-3-5-11-18(12-6-4-2)23(20,21)15-8-9-16-14(13-15)7-10-17(19)22-16/h7-10,13H,3-6,11-12H2,1-2H3. The highest BCUT2D eigenvalue weighted by Gasteiger charge is 2.23. The molecule has 0 radical (unpaired) electrons. The van der Waals surface area contributed by atoms with Gasteiger partial charge >= 0.3 is 5.63 Å². The molecule has 0 aliphatic carbocycles. The van der Waals surface area contributed by atoms with Gasteiger partial charge in [-0.1, -0.05) is 26.7 Å². The molecule has 2 rings (SSSR count). The Morgan fingerprint density at radius 2 is 1.65 bits per heavy atom. The highest BCUT2D eigenvalue weighted by atomic mass is 32.2. The van der Waals surface area contributed by atoms with Crippen LogP contribution in [0.4, 0.5) is 0 Å². The van der Waals surface area contributed by atoms with Crippen molar-refractivity contribution in [3.63, 3.8) is 0 Å². The minimum atomic E-state index is -3.53. The highest BCUT2D eigenvalue weighted by Crippen LogP contribution is 2.22. The van der Waals surface area contributed by atoms with Crippen LogP contribution < -0.4 is 5.63 Å². The minimum Gasteiger partial charge on any atom is -0.423 e. The fourth-order valence-electron chi connectivity index (χ4n) is 2.38. The number of unbranched alkanes of at least 4 members (excludes halogenated alkanes) is 2. The smallest absolute Gasteiger partial charge is 0.336 e. The Bertz CT molecular complexity index is 803. The Morgan fingerprint density at radius 1 is 1.00 bits per heavy atom. The predicted molar refractivity (Wildman–Crippen MR) is 91.1 cm³/mol. The van der Waals surface area contributed by atoms with E-state index in [1.165, 1.54) is 12.1 Å². The number of rotatable bonds is 8. The van der Waals surface area contributed by atoms with Crippen molar-refractivity contribution in [2.45, 2.75) is 44.4 Å². The quantitative estimate of drug-likeness (QED) is 0.693. The molecule has 0 amide bonds. The van der Waals surface area contributed by atoms with E-state index in [2.05, 4.69) is 0 Å². The number of benzene rings is 1. The van der Waals surface area contributed by atoms with Crippen LogP contribution in [0.25, 0.3) is 11.0 Å². The van der Waals surface area contributed by atoms with Crippen molar-refractivity contribution >= 4 is 21.0 Å². The molecule has 0 bridgehead atoms. The van der Waals surface area contributed by atoms with Crippen LogP contribution in [0.2, 0.25) is 0 Å². The van der Waals surface area contributed by atoms with Gasteiger partial charge in [-0.2, -0.15) is 4.31 Å². The molecule has 6 heteroatoms. The summed E-state index contributed by atoms with van der Waals surface area (Å²) in [7, 11) is -3.53. The summed E-state index contributed by atoms with van der Waals surface area (Å²) in [5.74, 6) is 0. The Morgan fingerprint density at radius 3 is 2.26 bits per heavy atom. The van der Waals surface area contributed by atoms with Gasteiger partial charge in [0.25, 0.3) is 0 Å². The molecule has 23 heavy (non-hydrogen) atoms. The molecule has 1 heterocycles. The lowest BCUT2D eigenvalue weighted by Gasteiger charge is -2.22. The zero-order valence-electron chi connectivity index (χ0n) is 13.6. The van der Waals surface area contributed by atoms with Crippen LogP contribution in [-0.2, 0) is 10.0 Å². The van der Waals surface area contributed by atoms with Gasteiger partial charge in [0.15, 0.2) is 0 Å². The molecule has 0 saturated carbocycles. The Kier molecular flexibility index (Phi) is 5.96. The number of sulfonamides is 1. The van der Waals surface area contributed by atoms with Gasteiger partial charge in [0.1, 0.15) is 5.58 Å². The summed E-state index contributed by atoms with van der Waals surface area (Å²) in [6.45, 7) is 5.15. The van der Waals surface area contributed by atoms with E-state index in [4.69, 9.17) is 4.42 Å². The van der Waals surface area contributed by atoms with Crippen molar-refractivity contribution in [2.24, 2.45) is 0 Å². The third kappa shape index (κ3) is 4.20. The van der Waals surface area contributed by atoms with E-state index in [-0.39, 0.29) is 4.90 Å². The number of hydrogen-bond acceptors (Lipinski definition) is 4. The van der Waals surface area contributed by atoms with Crippen LogP contribution in [-0.4, -0.2) is 25.8 Å². The first-order valence-electron chi connectivity index (χ1n) is 8.03. The Hall–Kier alpha value is -1.66. The summed E-state index contributed by atoms with van der Waals surface area (Å²) in [5, 5.41) is 0.608. The van der Waals surface area contributed by atoms with Gasteiger partial charge in [-0.3, -0.25) is 0 Å². The second-order valence-corrected chi connectivity index (χ2v) is 7.50. The Balaban J connectivity index is 2.38. The molecule has 0 saturated heterocycles. The van der Waals surface area contributed by atoms with E-state index in [0.717, 1.165) is 25.7 Å². The van der Waals surface area contributed by atoms with Gasteiger partial charge in [0.05, 0.1) is 4.90 Å². The van der Waals surface area contributed by atoms with Crippen LogP contribution in [0.1, 0.15) is 39.5 Å². The van der Waals surface area contributed by atoms with Crippen molar-refractivity contribution < 1.29 is 12.8 Å². The second-order valence-electron chi connectivity index (χ2n) is 5.57. The molecule has 0 spiro atoms. The summed E-state index contributed by atoms with van der Waals surface area (Å²) in [4.78, 5) is 11.5. The third-order valence-corrected chi connectivity index (χ3v) is 5.65. The molecular weight excluding hydrogens is 314 g/mol. The first-order valence-corrected chi connectivity index (χ1v) is 9.47. The molecule has 0 aliphatic heterocycles. The van der Waals surface area contributed by atoms with Crippen LogP contribution >= 0.6 is 0 Å². The maximum absolute atomic E-state index is 12.9. The fraction of sp³-hybridized carbons (Fsp3) is 0.471. The maximum Gasteiger partial charge on any atom is 0.336 e. The SMILES string of the molecule is CCCCN(CCCC)S(=O)(=O)c1ccc2oc(=O)ccc2c1. The molecule has 0 atom stereocenters. The maximum atomic E-state index is 12.9. The molecule has 1 aromatic carbocycles. The van der Waals surface area contributed by atoms with Crippen LogP contribution in [0.3, 0.4) is 0 Å². The number of fused-ring (bicyclic) bond motifs is 1. The summed E-state index contributed by atoms with van der Waals surface area (Å²) in [5.41, 5.74) is -0.0502. The molecule has 0 fully saturated rings. The molecule has 1 aromatic heterocycles. The average Bonchev–Trinajstić information content (AvgIpc) is 2.54. The van der Waals surface area contributed by atoms with Crippen molar-refractivity contribution in [3.05, 3.63) is 40.8 Å². The first kappa shape index (κ1) is 17.7. The fourth-order valence-corrected chi connectivity index (χ4v) is 3.93. The molecule has 2 aromatic rings. The number of nitrogens with zero attached hydrogens (tertiary/aromatic N) is 1. The van der Waals surface area contributed by atoms with Crippen LogP contribution in [0.5, 0.6) is 0 Å². The summed E-state index contributed by atoms with van der Waals surface area (Å²) >= 11 is 0. The number of hydrogen-bond donors (Lipinski definition) is 0. The van der Waals surface area contributed by atoms with Crippen molar-refractivity contribution in [2.75, 3.05) is 13.1 Å². The van der Waals surface area contributed by atoms with Gasteiger partial charge in [-0.15, -0.1) is 0 Å². The van der Waals surface area contributed by atoms with E-state index >= 15 is 0 Å². The van der Waals surface area contributed by atoms with Crippen molar-refractivity contribution in [1.29, 1.82) is 0 Å². The zero-order valence-corrected chi connectivity index (χ0v) is 14.4. The van der Waals surface area contributed by atoms with E-state index in [1.807, 2.05) is 13.8 Å². The molecule has 0 N–H and O–H groups in total. The van der Waals surface area contributed by atoms with Crippen LogP contribution in [0, 0.1) is 0 Å². The van der Waals surface area contributed by atoms with Crippen molar-refractivity contribution in [3.8, 4) is 0 Å². The lowest BCUT2D eigenvalue weighted by atomic mass is 10.2. The van der Waals surface area contributed by atoms with Gasteiger partial charge in [0.2, 0.25) is 10.0 Å². The summed E-state index contributed by atoms with van der Waals surface area (Å²) in [6.07, 6.45) is 3.57. The highest BCUT2D eigenvalue weighted by molar-refractivity contribution is 7.89. The third-order valence-electron chi connectivity index (χ3n) is 3.75. The minimum absolute atomic E-state index is 0.242. The topological polar surface area (TPSA) is 67.6 Å². The summed E-state index contributed by atoms with van der Waals surface area (Å²) in [6, 6.07) is 7.50. The summed E-state index contributed by atoms with van der Waals surface area (Å²) < 4.78 is 32.4. The molecule has 5 nitrogen and oxygen atoms in total. The lowest BCUT2D eigenvalue weighted by Crippen LogP contribution is -2.33. The molecule has 0 aliphatic rings. The van der Waals surface area contributed by atoms with Gasteiger partial charge < -0.3 is 4.42 Å². The molecule has 0 unspecified atom stereocenters. The first-order chi connectivity index (χ1) is 11.0. The molecule has 126 valence electrons. The largest absolute Gasteiger partial charge is 0.423 e. The van der Waals surface area contributed by atoms with Gasteiger partial charge in [-0.25, -0.2) is 13.2 Å². The Labute approximate surface area is 137 Å². The van der Waals surface area contributed by atoms with Crippen molar-refractivity contribution in [1.82, 2.24) is 4.31 Å². The van der Waals surface area contributed by atoms with E-state index < -0.39 is 15.6 Å². The van der Waals surface area contributed by atoms with Gasteiger partial charge in [0, 0.05) is 24.5 Å². The van der Waals surface area contributed by atoms with E-state index in [9.17, 15) is 13.2 Å². The second kappa shape index (κ2) is 7.75. The zero-order chi connectivity index (χ0) is 16.9. The lowest BCUT2D eigenvalue weighted by molar-refractivity contribution is 0.395. The van der Waals surface area contributed by atoms with Gasteiger partial charge in [-0.05, 0) is 37.1 Å². The molecular formula is C17H23NO4S.